The molecule has 15 heteroatoms. The molecule has 3 amide bonds. The van der Waals surface area contributed by atoms with E-state index in [4.69, 9.17) is 24.9 Å². The number of halogens is 1. The normalized spacial score (nSPS) is 29.0. The third-order valence-electron chi connectivity index (χ3n) is 12.1. The summed E-state index contributed by atoms with van der Waals surface area (Å²) in [5, 5.41) is 3.55. The molecule has 2 aromatic carbocycles. The van der Waals surface area contributed by atoms with Gasteiger partial charge in [0, 0.05) is 35.4 Å². The highest BCUT2D eigenvalue weighted by molar-refractivity contribution is 7.91. The van der Waals surface area contributed by atoms with Crippen molar-refractivity contribution in [2.75, 3.05) is 20.3 Å². The number of benzene rings is 2. The van der Waals surface area contributed by atoms with Gasteiger partial charge in [0.05, 0.1) is 37.0 Å². The Labute approximate surface area is 339 Å². The number of carbonyl (C=O) groups is 3. The number of allylic oxidation sites excluding steroid dienone is 1. The largest absolute Gasteiger partial charge is 0.497 e. The first-order chi connectivity index (χ1) is 27.6. The molecular formula is C43H54FN5O8S. The summed E-state index contributed by atoms with van der Waals surface area (Å²) in [5.74, 6) is -0.635. The number of nitrogens with one attached hydrogen (secondary N) is 2. The second kappa shape index (κ2) is 16.1. The molecule has 0 bridgehead atoms. The van der Waals surface area contributed by atoms with Crippen LogP contribution in [0.2, 0.25) is 0 Å². The average molecular weight is 820 g/mol. The van der Waals surface area contributed by atoms with Gasteiger partial charge < -0.3 is 30.2 Å². The minimum atomic E-state index is -4.36. The maximum atomic E-state index is 14.5. The van der Waals surface area contributed by atoms with Crippen molar-refractivity contribution in [2.45, 2.75) is 107 Å². The Balaban J connectivity index is 1.21. The molecule has 4 aliphatic rings. The van der Waals surface area contributed by atoms with Crippen molar-refractivity contribution in [3.8, 4) is 28.5 Å². The third kappa shape index (κ3) is 8.25. The minimum Gasteiger partial charge on any atom is -0.497 e. The fourth-order valence-electron chi connectivity index (χ4n) is 8.27. The average Bonchev–Trinajstić information content (AvgIpc) is 4.10. The molecule has 4 N–H and O–H groups in total. The lowest BCUT2D eigenvalue weighted by Crippen LogP contribution is -2.58. The lowest BCUT2D eigenvalue weighted by Gasteiger charge is -2.30. The van der Waals surface area contributed by atoms with Crippen molar-refractivity contribution in [3.05, 3.63) is 60.7 Å². The van der Waals surface area contributed by atoms with Gasteiger partial charge in [-0.05, 0) is 101 Å². The number of methoxy groups -OCH3 is 1. The van der Waals surface area contributed by atoms with E-state index in [0.717, 1.165) is 17.7 Å². The Bertz CT molecular complexity index is 2200. The molecule has 1 saturated heterocycles. The fourth-order valence-corrected chi connectivity index (χ4v) is 9.70. The van der Waals surface area contributed by atoms with Crippen molar-refractivity contribution < 1.29 is 41.4 Å². The number of fused-ring (bicyclic) bond motifs is 3. The Morgan fingerprint density at radius 2 is 1.81 bits per heavy atom. The summed E-state index contributed by atoms with van der Waals surface area (Å²) >= 11 is 0. The summed E-state index contributed by atoms with van der Waals surface area (Å²) in [4.78, 5) is 49.0. The van der Waals surface area contributed by atoms with E-state index in [9.17, 15) is 27.2 Å². The molecule has 3 aromatic rings. The number of nitrogens with zero attached hydrogens (tertiary/aromatic N) is 2. The van der Waals surface area contributed by atoms with Crippen molar-refractivity contribution >= 4 is 38.6 Å². The van der Waals surface area contributed by atoms with Gasteiger partial charge >= 0.3 is 0 Å². The summed E-state index contributed by atoms with van der Waals surface area (Å²) in [6.07, 6.45) is 5.71. The van der Waals surface area contributed by atoms with Gasteiger partial charge in [0.1, 0.15) is 46.4 Å². The lowest BCUT2D eigenvalue weighted by molar-refractivity contribution is -0.141. The molecule has 2 aliphatic heterocycles. The first kappa shape index (κ1) is 41.4. The molecular weight excluding hydrogens is 766 g/mol. The van der Waals surface area contributed by atoms with Crippen molar-refractivity contribution in [1.82, 2.24) is 19.9 Å². The molecule has 7 atom stereocenters. The van der Waals surface area contributed by atoms with Gasteiger partial charge in [0.2, 0.25) is 21.8 Å². The summed E-state index contributed by atoms with van der Waals surface area (Å²) in [6.45, 7) is 6.86. The van der Waals surface area contributed by atoms with Crippen LogP contribution in [0.3, 0.4) is 0 Å². The van der Waals surface area contributed by atoms with Gasteiger partial charge in [0.15, 0.2) is 0 Å². The van der Waals surface area contributed by atoms with Crippen molar-refractivity contribution in [2.24, 2.45) is 23.5 Å². The topological polar surface area (TPSA) is 179 Å². The maximum absolute atomic E-state index is 14.5. The van der Waals surface area contributed by atoms with Crippen molar-refractivity contribution in [1.29, 1.82) is 0 Å². The summed E-state index contributed by atoms with van der Waals surface area (Å²) in [6, 6.07) is 12.8. The number of rotatable bonds is 10. The van der Waals surface area contributed by atoms with E-state index in [1.807, 2.05) is 75.4 Å². The van der Waals surface area contributed by atoms with Crippen LogP contribution in [0.4, 0.5) is 4.39 Å². The van der Waals surface area contributed by atoms with E-state index < -0.39 is 68.8 Å². The number of amides is 3. The molecule has 1 aromatic heterocycles. The second-order valence-electron chi connectivity index (χ2n) is 16.9. The number of alkyl halides is 1. The predicted octanol–water partition coefficient (Wildman–Crippen LogP) is 5.21. The molecule has 3 heterocycles. The van der Waals surface area contributed by atoms with Crippen LogP contribution in [0.25, 0.3) is 22.2 Å². The fraction of sp³-hybridized carbons (Fsp3) is 0.535. The van der Waals surface area contributed by atoms with E-state index >= 15 is 0 Å². The number of sulfonamides is 1. The maximum Gasteiger partial charge on any atom is 0.259 e. The molecule has 0 spiro atoms. The summed E-state index contributed by atoms with van der Waals surface area (Å²) < 4.78 is 58.7. The number of nitrogens with two attached hydrogens (primary N) is 1. The van der Waals surface area contributed by atoms with E-state index in [0.29, 0.717) is 40.9 Å². The second-order valence-corrected chi connectivity index (χ2v) is 19.0. The van der Waals surface area contributed by atoms with Crippen molar-refractivity contribution in [3.63, 3.8) is 0 Å². The highest BCUT2D eigenvalue weighted by atomic mass is 32.2. The quantitative estimate of drug-likeness (QED) is 0.230. The van der Waals surface area contributed by atoms with Crippen LogP contribution >= 0.6 is 0 Å². The van der Waals surface area contributed by atoms with E-state index in [-0.39, 0.29) is 50.2 Å². The monoisotopic (exact) mass is 819 g/mol. The number of pyridine rings is 1. The van der Waals surface area contributed by atoms with Crippen LogP contribution in [0.5, 0.6) is 17.2 Å². The summed E-state index contributed by atoms with van der Waals surface area (Å²) in [5.41, 5.74) is 7.09. The van der Waals surface area contributed by atoms with E-state index in [1.165, 1.54) is 4.90 Å². The number of hydrogen-bond donors (Lipinski definition) is 3. The molecule has 58 heavy (non-hydrogen) atoms. The van der Waals surface area contributed by atoms with Gasteiger partial charge in [-0.15, -0.1) is 0 Å². The zero-order valence-corrected chi connectivity index (χ0v) is 34.5. The first-order valence-electron chi connectivity index (χ1n) is 20.2. The van der Waals surface area contributed by atoms with Gasteiger partial charge in [0.25, 0.3) is 5.91 Å². The highest BCUT2D eigenvalue weighted by Crippen LogP contribution is 2.48. The van der Waals surface area contributed by atoms with E-state index in [2.05, 4.69) is 17.0 Å². The predicted molar refractivity (Wildman–Crippen MR) is 217 cm³/mol. The Hall–Kier alpha value is -4.76. The Kier molecular flexibility index (Phi) is 11.5. The van der Waals surface area contributed by atoms with Crippen LogP contribution in [0.15, 0.2) is 60.7 Å². The molecule has 2 aliphatic carbocycles. The standard InChI is InChI=1S/C43H54FN5O8S/c1-25(2)56-30-12-10-28(11-13-30)34-21-37(33-15-14-31(55-5)19-35(33)46-34)57-32-20-36-39(50)47-43(41(52)48-58(53,54)42(24-44)16-17-42)22-29(43)9-7-6-8-26(3)18-27(4)38(45)40(51)49(36)23-32/h7,9-15,19,21,25-27,29,32,36,38H,6,8,16-18,20,22-24,45H2,1-5H3,(H,47,50)(H,48,52)/b9-7-/t26?,27-,29-,32-,36+,38+,43-/m1/s1. The molecule has 0 radical (unpaired) electrons. The SMILES string of the molecule is COc1ccc2c(O[C@@H]3C[C@H]4C(=O)N[C@]5(C(=O)NS(=O)(=O)C6(CF)CC6)C[C@H]5/C=C\CCC(C)C[C@@H](C)[C@H](N)C(=O)N4C3)cc(-c3ccc(OC(C)C)cc3)nc2c1. The number of carbonyl (C=O) groups excluding carboxylic acids is 3. The minimum absolute atomic E-state index is 0.0108. The zero-order valence-electron chi connectivity index (χ0n) is 33.7. The van der Waals surface area contributed by atoms with E-state index in [1.54, 1.807) is 13.2 Å². The smallest absolute Gasteiger partial charge is 0.259 e. The Morgan fingerprint density at radius 1 is 1.09 bits per heavy atom. The van der Waals surface area contributed by atoms with Crippen LogP contribution in [-0.2, 0) is 24.4 Å². The molecule has 7 rings (SSSR count). The lowest BCUT2D eigenvalue weighted by atomic mass is 9.88. The van der Waals surface area contributed by atoms with Gasteiger partial charge in [-0.3, -0.25) is 19.1 Å². The first-order valence-corrected chi connectivity index (χ1v) is 21.7. The molecule has 312 valence electrons. The van der Waals surface area contributed by atoms with Crippen LogP contribution in [0.1, 0.15) is 72.6 Å². The molecule has 13 nitrogen and oxygen atoms in total. The van der Waals surface area contributed by atoms with Gasteiger partial charge in [-0.25, -0.2) is 17.8 Å². The molecule has 3 fully saturated rings. The van der Waals surface area contributed by atoms with Crippen LogP contribution in [0, 0.1) is 17.8 Å². The van der Waals surface area contributed by atoms with Gasteiger partial charge in [-0.2, -0.15) is 0 Å². The number of hydrogen-bond acceptors (Lipinski definition) is 10. The third-order valence-corrected chi connectivity index (χ3v) is 14.2. The molecule has 2 saturated carbocycles. The van der Waals surface area contributed by atoms with Crippen LogP contribution < -0.4 is 30.0 Å². The Morgan fingerprint density at radius 3 is 2.48 bits per heavy atom. The number of ether oxygens (including phenoxy) is 3. The van der Waals surface area contributed by atoms with Gasteiger partial charge in [-0.1, -0.05) is 26.0 Å². The zero-order chi connectivity index (χ0) is 41.6. The van der Waals surface area contributed by atoms with Crippen LogP contribution in [-0.4, -0.2) is 90.9 Å². The number of aromatic nitrogens is 1. The summed E-state index contributed by atoms with van der Waals surface area (Å²) in [7, 11) is -2.78. The highest BCUT2D eigenvalue weighted by Gasteiger charge is 2.64. The molecule has 1 unspecified atom stereocenters.